The van der Waals surface area contributed by atoms with Crippen LogP contribution >= 0.6 is 0 Å². The molecule has 1 aromatic heterocycles. The van der Waals surface area contributed by atoms with Gasteiger partial charge >= 0.3 is 6.61 Å². The number of hydrogen-bond donors (Lipinski definition) is 0. The van der Waals surface area contributed by atoms with E-state index in [0.717, 1.165) is 29.6 Å². The third kappa shape index (κ3) is 3.40. The molecule has 0 aliphatic carbocycles. The summed E-state index contributed by atoms with van der Waals surface area (Å²) in [6.07, 6.45) is 0.752. The molecule has 1 fully saturated rings. The number of ether oxygens (including phenoxy) is 2. The number of aryl methyl sites for hydroxylation is 1. The SMILES string of the molecule is CCCn1c(C)c(C(=O)N2CC[C@H](OC(F)F)C2)c2cc(OC)ccc21. The molecule has 1 atom stereocenters. The second-order valence-corrected chi connectivity index (χ2v) is 6.55. The van der Waals surface area contributed by atoms with Crippen LogP contribution in [0.3, 0.4) is 0 Å². The van der Waals surface area contributed by atoms with E-state index in [1.54, 1.807) is 12.0 Å². The van der Waals surface area contributed by atoms with Crippen LogP contribution in [0.2, 0.25) is 0 Å². The highest BCUT2D eigenvalue weighted by atomic mass is 19.3. The van der Waals surface area contributed by atoms with Crippen molar-refractivity contribution in [2.45, 2.75) is 45.9 Å². The van der Waals surface area contributed by atoms with Crippen LogP contribution in [0, 0.1) is 6.92 Å². The minimum atomic E-state index is -2.81. The number of alkyl halides is 2. The van der Waals surface area contributed by atoms with Crippen LogP contribution in [0.15, 0.2) is 18.2 Å². The Labute approximate surface area is 151 Å². The molecule has 7 heteroatoms. The summed E-state index contributed by atoms with van der Waals surface area (Å²) in [5, 5.41) is 0.832. The number of halogens is 2. The molecule has 26 heavy (non-hydrogen) atoms. The van der Waals surface area contributed by atoms with Gasteiger partial charge in [-0.2, -0.15) is 8.78 Å². The first kappa shape index (κ1) is 18.6. The van der Waals surface area contributed by atoms with Gasteiger partial charge in [-0.25, -0.2) is 0 Å². The van der Waals surface area contributed by atoms with Crippen molar-refractivity contribution in [3.8, 4) is 5.75 Å². The number of hydrogen-bond acceptors (Lipinski definition) is 3. The van der Waals surface area contributed by atoms with Crippen molar-refractivity contribution in [2.24, 2.45) is 0 Å². The van der Waals surface area contributed by atoms with Crippen LogP contribution in [-0.2, 0) is 11.3 Å². The molecule has 0 bridgehead atoms. The molecule has 3 rings (SSSR count). The van der Waals surface area contributed by atoms with Crippen LogP contribution in [0.4, 0.5) is 8.78 Å². The number of aromatic nitrogens is 1. The highest BCUT2D eigenvalue weighted by Gasteiger charge is 2.32. The average Bonchev–Trinajstić information content (AvgIpc) is 3.17. The fraction of sp³-hybridized carbons (Fsp3) is 0.526. The molecule has 5 nitrogen and oxygen atoms in total. The summed E-state index contributed by atoms with van der Waals surface area (Å²) < 4.78 is 36.9. The molecule has 1 aliphatic heterocycles. The predicted molar refractivity (Wildman–Crippen MR) is 94.9 cm³/mol. The molecule has 142 valence electrons. The van der Waals surface area contributed by atoms with Crippen molar-refractivity contribution in [1.82, 2.24) is 9.47 Å². The predicted octanol–water partition coefficient (Wildman–Crippen LogP) is 3.82. The summed E-state index contributed by atoms with van der Waals surface area (Å²) in [6, 6.07) is 5.70. The topological polar surface area (TPSA) is 43.7 Å². The zero-order valence-corrected chi connectivity index (χ0v) is 15.3. The molecule has 1 saturated heterocycles. The largest absolute Gasteiger partial charge is 0.497 e. The van der Waals surface area contributed by atoms with Crippen molar-refractivity contribution >= 4 is 16.8 Å². The van der Waals surface area contributed by atoms with E-state index in [1.165, 1.54) is 0 Å². The van der Waals surface area contributed by atoms with Crippen molar-refractivity contribution in [3.63, 3.8) is 0 Å². The standard InChI is InChI=1S/C19H24F2N2O3/c1-4-8-23-12(2)17(15-10-13(25-3)5-6-16(15)23)18(24)22-9-7-14(11-22)26-19(20)21/h5-6,10,14,19H,4,7-9,11H2,1-3H3/t14-/m0/s1. The van der Waals surface area contributed by atoms with Crippen molar-refractivity contribution in [1.29, 1.82) is 0 Å². The van der Waals surface area contributed by atoms with Crippen LogP contribution in [0.1, 0.15) is 35.8 Å². The van der Waals surface area contributed by atoms with E-state index < -0.39 is 12.7 Å². The first-order chi connectivity index (χ1) is 12.5. The number of fused-ring (bicyclic) bond motifs is 1. The molecule has 0 radical (unpaired) electrons. The minimum Gasteiger partial charge on any atom is -0.497 e. The van der Waals surface area contributed by atoms with Gasteiger partial charge in [-0.1, -0.05) is 6.92 Å². The van der Waals surface area contributed by atoms with Gasteiger partial charge in [0.2, 0.25) is 0 Å². The lowest BCUT2D eigenvalue weighted by atomic mass is 10.1. The van der Waals surface area contributed by atoms with Crippen LogP contribution < -0.4 is 4.74 Å². The van der Waals surface area contributed by atoms with E-state index in [9.17, 15) is 13.6 Å². The number of carbonyl (C=O) groups excluding carboxylic acids is 1. The Morgan fingerprint density at radius 1 is 1.38 bits per heavy atom. The number of amides is 1. The van der Waals surface area contributed by atoms with Gasteiger partial charge in [0, 0.05) is 36.2 Å². The molecule has 0 spiro atoms. The number of benzene rings is 1. The Kier molecular flexibility index (Phi) is 5.46. The quantitative estimate of drug-likeness (QED) is 0.781. The molecule has 1 aliphatic rings. The van der Waals surface area contributed by atoms with Crippen molar-refractivity contribution < 1.29 is 23.0 Å². The number of rotatable bonds is 6. The summed E-state index contributed by atoms with van der Waals surface area (Å²) in [4.78, 5) is 14.8. The Morgan fingerprint density at radius 3 is 2.81 bits per heavy atom. The second-order valence-electron chi connectivity index (χ2n) is 6.55. The maximum atomic E-state index is 13.2. The Bertz CT molecular complexity index is 804. The Hall–Kier alpha value is -2.15. The first-order valence-corrected chi connectivity index (χ1v) is 8.86. The highest BCUT2D eigenvalue weighted by Crippen LogP contribution is 2.31. The zero-order chi connectivity index (χ0) is 18.8. The molecule has 2 heterocycles. The summed E-state index contributed by atoms with van der Waals surface area (Å²) in [5.41, 5.74) is 2.48. The maximum Gasteiger partial charge on any atom is 0.345 e. The van der Waals surface area contributed by atoms with Gasteiger partial charge in [-0.15, -0.1) is 0 Å². The average molecular weight is 366 g/mol. The second kappa shape index (κ2) is 7.61. The normalized spacial score (nSPS) is 17.5. The number of nitrogens with zero attached hydrogens (tertiary/aromatic N) is 2. The van der Waals surface area contributed by atoms with Crippen molar-refractivity contribution in [2.75, 3.05) is 20.2 Å². The molecule has 1 amide bonds. The molecular weight excluding hydrogens is 342 g/mol. The number of methoxy groups -OCH3 is 1. The third-order valence-corrected chi connectivity index (χ3v) is 4.92. The van der Waals surface area contributed by atoms with E-state index in [-0.39, 0.29) is 12.5 Å². The molecule has 0 saturated carbocycles. The van der Waals surface area contributed by atoms with Gasteiger partial charge in [0.1, 0.15) is 5.75 Å². The lowest BCUT2D eigenvalue weighted by molar-refractivity contribution is -0.158. The van der Waals surface area contributed by atoms with E-state index in [0.29, 0.717) is 24.3 Å². The highest BCUT2D eigenvalue weighted by molar-refractivity contribution is 6.08. The van der Waals surface area contributed by atoms with Gasteiger partial charge in [-0.05, 0) is 38.0 Å². The van der Waals surface area contributed by atoms with Gasteiger partial charge in [0.25, 0.3) is 5.91 Å². The third-order valence-electron chi connectivity index (χ3n) is 4.92. The summed E-state index contributed by atoms with van der Waals surface area (Å²) >= 11 is 0. The van der Waals surface area contributed by atoms with Crippen LogP contribution in [-0.4, -0.2) is 48.3 Å². The van der Waals surface area contributed by atoms with Crippen LogP contribution in [0.5, 0.6) is 5.75 Å². The fourth-order valence-corrected chi connectivity index (χ4v) is 3.70. The Balaban J connectivity index is 1.98. The van der Waals surface area contributed by atoms with E-state index in [2.05, 4.69) is 16.2 Å². The molecule has 2 aromatic rings. The van der Waals surface area contributed by atoms with E-state index >= 15 is 0 Å². The lowest BCUT2D eigenvalue weighted by Crippen LogP contribution is -2.31. The van der Waals surface area contributed by atoms with E-state index in [1.807, 2.05) is 25.1 Å². The lowest BCUT2D eigenvalue weighted by Gasteiger charge is -2.17. The van der Waals surface area contributed by atoms with Crippen molar-refractivity contribution in [3.05, 3.63) is 29.5 Å². The number of likely N-dealkylation sites (tertiary alicyclic amines) is 1. The monoisotopic (exact) mass is 366 g/mol. The summed E-state index contributed by atoms with van der Waals surface area (Å²) in [7, 11) is 1.59. The Morgan fingerprint density at radius 2 is 2.15 bits per heavy atom. The van der Waals surface area contributed by atoms with Gasteiger partial charge in [0.05, 0.1) is 18.8 Å². The summed E-state index contributed by atoms with van der Waals surface area (Å²) in [5.74, 6) is 0.538. The van der Waals surface area contributed by atoms with E-state index in [4.69, 9.17) is 4.74 Å². The summed E-state index contributed by atoms with van der Waals surface area (Å²) in [6.45, 7) is 2.61. The van der Waals surface area contributed by atoms with Gasteiger partial charge in [-0.3, -0.25) is 4.79 Å². The van der Waals surface area contributed by atoms with Gasteiger partial charge in [0.15, 0.2) is 0 Å². The molecule has 1 aromatic carbocycles. The minimum absolute atomic E-state index is 0.143. The fourth-order valence-electron chi connectivity index (χ4n) is 3.70. The van der Waals surface area contributed by atoms with Crippen LogP contribution in [0.25, 0.3) is 10.9 Å². The maximum absolute atomic E-state index is 13.2. The zero-order valence-electron chi connectivity index (χ0n) is 15.3. The molecule has 0 N–H and O–H groups in total. The molecular formula is C19H24F2N2O3. The molecule has 0 unspecified atom stereocenters. The van der Waals surface area contributed by atoms with Gasteiger partial charge < -0.3 is 18.9 Å². The number of carbonyl (C=O) groups is 1. The first-order valence-electron chi connectivity index (χ1n) is 8.86. The smallest absolute Gasteiger partial charge is 0.345 e.